The van der Waals surface area contributed by atoms with Gasteiger partial charge in [-0.3, -0.25) is 4.79 Å². The van der Waals surface area contributed by atoms with Gasteiger partial charge in [-0.1, -0.05) is 18.5 Å². The first-order chi connectivity index (χ1) is 11.7. The summed E-state index contributed by atoms with van der Waals surface area (Å²) in [6.07, 6.45) is -0.869. The number of benzene rings is 2. The highest BCUT2D eigenvalue weighted by Gasteiger charge is 2.19. The molecule has 2 N–H and O–H groups in total. The minimum absolute atomic E-state index is 0.00563. The summed E-state index contributed by atoms with van der Waals surface area (Å²) in [5.74, 6) is -0.390. The van der Waals surface area contributed by atoms with Gasteiger partial charge in [-0.25, -0.2) is 8.42 Å². The molecule has 2 rings (SSSR count). The number of halogens is 1. The second-order valence-corrected chi connectivity index (χ2v) is 8.00. The molecule has 0 saturated heterocycles. The van der Waals surface area contributed by atoms with Crippen molar-refractivity contribution in [1.29, 1.82) is 0 Å². The number of carbonyl (C=O) groups is 1. The van der Waals surface area contributed by atoms with E-state index in [2.05, 4.69) is 5.32 Å². The van der Waals surface area contributed by atoms with Crippen molar-refractivity contribution in [3.63, 3.8) is 0 Å². The van der Waals surface area contributed by atoms with Crippen molar-refractivity contribution >= 4 is 33.0 Å². The molecule has 0 aliphatic rings. The second-order valence-electron chi connectivity index (χ2n) is 5.29. The Labute approximate surface area is 151 Å². The lowest BCUT2D eigenvalue weighted by molar-refractivity contribution is -0.122. The lowest BCUT2D eigenvalue weighted by Gasteiger charge is -2.16. The smallest absolute Gasteiger partial charge is 0.265 e. The van der Waals surface area contributed by atoms with Crippen molar-refractivity contribution < 1.29 is 23.1 Å². The van der Waals surface area contributed by atoms with E-state index in [0.717, 1.165) is 0 Å². The van der Waals surface area contributed by atoms with E-state index >= 15 is 0 Å². The Balaban J connectivity index is 2.14. The van der Waals surface area contributed by atoms with Crippen LogP contribution in [0.2, 0.25) is 5.02 Å². The van der Waals surface area contributed by atoms with E-state index < -0.39 is 21.8 Å². The van der Waals surface area contributed by atoms with Gasteiger partial charge in [0.1, 0.15) is 11.5 Å². The Bertz CT molecular complexity index is 865. The summed E-state index contributed by atoms with van der Waals surface area (Å²) in [6, 6.07) is 10.2. The van der Waals surface area contributed by atoms with E-state index in [1.807, 2.05) is 0 Å². The van der Waals surface area contributed by atoms with Crippen LogP contribution in [0.5, 0.6) is 11.5 Å². The maximum atomic E-state index is 12.2. The molecule has 0 saturated carbocycles. The number of ether oxygens (including phenoxy) is 1. The molecular weight excluding hydrogens is 366 g/mol. The van der Waals surface area contributed by atoms with Crippen molar-refractivity contribution in [2.45, 2.75) is 24.8 Å². The van der Waals surface area contributed by atoms with E-state index in [4.69, 9.17) is 16.3 Å². The molecule has 1 atom stereocenters. The van der Waals surface area contributed by atoms with Gasteiger partial charge in [-0.05, 0) is 49.4 Å². The maximum Gasteiger partial charge on any atom is 0.265 e. The van der Waals surface area contributed by atoms with Gasteiger partial charge in [0.15, 0.2) is 15.9 Å². The summed E-state index contributed by atoms with van der Waals surface area (Å²) in [7, 11) is -3.45. The average molecular weight is 384 g/mol. The number of nitrogens with one attached hydrogen (secondary N) is 1. The number of hydrogen-bond acceptors (Lipinski definition) is 5. The molecule has 2 aromatic carbocycles. The molecule has 134 valence electrons. The van der Waals surface area contributed by atoms with Gasteiger partial charge >= 0.3 is 0 Å². The summed E-state index contributed by atoms with van der Waals surface area (Å²) in [6.45, 7) is 3.05. The number of amides is 1. The topological polar surface area (TPSA) is 92.7 Å². The van der Waals surface area contributed by atoms with Crippen molar-refractivity contribution in [2.75, 3.05) is 11.1 Å². The lowest BCUT2D eigenvalue weighted by Crippen LogP contribution is -2.30. The van der Waals surface area contributed by atoms with E-state index in [1.54, 1.807) is 24.3 Å². The zero-order valence-corrected chi connectivity index (χ0v) is 15.3. The summed E-state index contributed by atoms with van der Waals surface area (Å²) in [5, 5.41) is 12.9. The van der Waals surface area contributed by atoms with Gasteiger partial charge < -0.3 is 15.2 Å². The predicted molar refractivity (Wildman–Crippen MR) is 96.0 cm³/mol. The molecule has 0 bridgehead atoms. The Morgan fingerprint density at radius 1 is 1.24 bits per heavy atom. The minimum atomic E-state index is -3.45. The van der Waals surface area contributed by atoms with Crippen molar-refractivity contribution in [3.8, 4) is 11.5 Å². The highest BCUT2D eigenvalue weighted by Crippen LogP contribution is 2.27. The van der Waals surface area contributed by atoms with Gasteiger partial charge in [0.2, 0.25) is 0 Å². The van der Waals surface area contributed by atoms with Gasteiger partial charge in [-0.2, -0.15) is 0 Å². The number of phenols is 1. The molecule has 25 heavy (non-hydrogen) atoms. The van der Waals surface area contributed by atoms with Gasteiger partial charge in [0, 0.05) is 5.02 Å². The van der Waals surface area contributed by atoms with Crippen LogP contribution in [0.15, 0.2) is 47.4 Å². The van der Waals surface area contributed by atoms with Crippen LogP contribution in [0.4, 0.5) is 5.69 Å². The molecule has 0 unspecified atom stereocenters. The average Bonchev–Trinajstić information content (AvgIpc) is 2.58. The van der Waals surface area contributed by atoms with Crippen LogP contribution in [0.25, 0.3) is 0 Å². The van der Waals surface area contributed by atoms with E-state index in [-0.39, 0.29) is 22.1 Å². The van der Waals surface area contributed by atoms with Crippen LogP contribution >= 0.6 is 11.6 Å². The van der Waals surface area contributed by atoms with Crippen molar-refractivity contribution in [2.24, 2.45) is 0 Å². The lowest BCUT2D eigenvalue weighted by atomic mass is 10.2. The number of hydrogen-bond donors (Lipinski definition) is 2. The molecular formula is C17H18ClNO5S. The molecule has 6 nitrogen and oxygen atoms in total. The standard InChI is InChI=1S/C17H18ClNO5S/c1-3-25(22,23)14-8-9-16(20)15(10-14)19-17(21)11(2)24-13-6-4-12(18)5-7-13/h4-11,20H,3H2,1-2H3,(H,19,21)/t11-/m1/s1. The Morgan fingerprint density at radius 2 is 1.88 bits per heavy atom. The maximum absolute atomic E-state index is 12.2. The summed E-state index contributed by atoms with van der Waals surface area (Å²) in [5.41, 5.74) is 0.00563. The molecule has 0 aliphatic carbocycles. The number of sulfone groups is 1. The number of rotatable bonds is 6. The van der Waals surface area contributed by atoms with Crippen molar-refractivity contribution in [1.82, 2.24) is 0 Å². The zero-order valence-electron chi connectivity index (χ0n) is 13.7. The quantitative estimate of drug-likeness (QED) is 0.747. The van der Waals surface area contributed by atoms with Gasteiger partial charge in [0.05, 0.1) is 16.3 Å². The van der Waals surface area contributed by atoms with Crippen LogP contribution in [0, 0.1) is 0 Å². The van der Waals surface area contributed by atoms with Gasteiger partial charge in [0.25, 0.3) is 5.91 Å². The minimum Gasteiger partial charge on any atom is -0.506 e. The highest BCUT2D eigenvalue weighted by atomic mass is 35.5. The SMILES string of the molecule is CCS(=O)(=O)c1ccc(O)c(NC(=O)[C@@H](C)Oc2ccc(Cl)cc2)c1. The Morgan fingerprint density at radius 3 is 2.48 bits per heavy atom. The first kappa shape index (κ1) is 19.1. The van der Waals surface area contributed by atoms with Gasteiger partial charge in [-0.15, -0.1) is 0 Å². The number of carbonyl (C=O) groups excluding carboxylic acids is 1. The van der Waals surface area contributed by atoms with Crippen LogP contribution in [0.3, 0.4) is 0 Å². The summed E-state index contributed by atoms with van der Waals surface area (Å²) in [4.78, 5) is 12.3. The fourth-order valence-electron chi connectivity index (χ4n) is 1.98. The number of anilines is 1. The molecule has 0 fully saturated rings. The second kappa shape index (κ2) is 7.76. The summed E-state index contributed by atoms with van der Waals surface area (Å²) >= 11 is 5.79. The normalized spacial score (nSPS) is 12.4. The number of phenolic OH excluding ortho intramolecular Hbond substituents is 1. The molecule has 0 aromatic heterocycles. The molecule has 8 heteroatoms. The number of aromatic hydroxyl groups is 1. The highest BCUT2D eigenvalue weighted by molar-refractivity contribution is 7.91. The van der Waals surface area contributed by atoms with Crippen molar-refractivity contribution in [3.05, 3.63) is 47.5 Å². The summed E-state index contributed by atoms with van der Waals surface area (Å²) < 4.78 is 29.3. The Hall–Kier alpha value is -2.25. The first-order valence-corrected chi connectivity index (χ1v) is 9.55. The third-order valence-electron chi connectivity index (χ3n) is 3.46. The monoisotopic (exact) mass is 383 g/mol. The third kappa shape index (κ3) is 4.87. The largest absolute Gasteiger partial charge is 0.506 e. The first-order valence-electron chi connectivity index (χ1n) is 7.52. The predicted octanol–water partition coefficient (Wildman–Crippen LogP) is 3.25. The Kier molecular flexibility index (Phi) is 5.92. The van der Waals surface area contributed by atoms with Crippen LogP contribution in [-0.4, -0.2) is 31.3 Å². The zero-order chi connectivity index (χ0) is 18.6. The molecule has 0 spiro atoms. The van der Waals surface area contributed by atoms with E-state index in [0.29, 0.717) is 10.8 Å². The third-order valence-corrected chi connectivity index (χ3v) is 5.44. The van der Waals surface area contributed by atoms with Crippen LogP contribution in [0.1, 0.15) is 13.8 Å². The van der Waals surface area contributed by atoms with E-state index in [1.165, 1.54) is 32.0 Å². The van der Waals surface area contributed by atoms with Crippen LogP contribution in [-0.2, 0) is 14.6 Å². The van der Waals surface area contributed by atoms with Crippen LogP contribution < -0.4 is 10.1 Å². The molecule has 0 aliphatic heterocycles. The van der Waals surface area contributed by atoms with E-state index in [9.17, 15) is 18.3 Å². The fourth-order valence-corrected chi connectivity index (χ4v) is 3.01. The molecule has 2 aromatic rings. The fraction of sp³-hybridized carbons (Fsp3) is 0.235. The molecule has 0 radical (unpaired) electrons. The molecule has 1 amide bonds. The molecule has 0 heterocycles.